The van der Waals surface area contributed by atoms with Crippen molar-refractivity contribution in [1.29, 1.82) is 5.26 Å². The molecule has 2 aromatic rings. The van der Waals surface area contributed by atoms with E-state index in [1.54, 1.807) is 0 Å². The number of rotatable bonds is 3. The van der Waals surface area contributed by atoms with Crippen molar-refractivity contribution in [3.8, 4) is 11.9 Å². The van der Waals surface area contributed by atoms with Gasteiger partial charge in [-0.2, -0.15) is 5.26 Å². The van der Waals surface area contributed by atoms with Crippen molar-refractivity contribution in [2.45, 2.75) is 38.1 Å². The molecule has 0 bridgehead atoms. The first-order valence-corrected chi connectivity index (χ1v) is 9.49. The third-order valence-electron chi connectivity index (χ3n) is 5.47. The van der Waals surface area contributed by atoms with Crippen LogP contribution in [0.1, 0.15) is 31.0 Å². The van der Waals surface area contributed by atoms with Gasteiger partial charge in [-0.05, 0) is 25.5 Å². The zero-order valence-corrected chi connectivity index (χ0v) is 16.1. The lowest BCUT2D eigenvalue weighted by Crippen LogP contribution is -2.54. The summed E-state index contributed by atoms with van der Waals surface area (Å²) in [6, 6.07) is 17.6. The highest BCUT2D eigenvalue weighted by molar-refractivity contribution is 5.83. The summed E-state index contributed by atoms with van der Waals surface area (Å²) in [5, 5.41) is 20.5. The number of ether oxygens (including phenoxy) is 1. The van der Waals surface area contributed by atoms with Crippen molar-refractivity contribution in [2.24, 2.45) is 4.99 Å². The third kappa shape index (κ3) is 3.19. The van der Waals surface area contributed by atoms with E-state index in [0.29, 0.717) is 19.0 Å². The zero-order chi connectivity index (χ0) is 19.7. The minimum atomic E-state index is -0.761. The summed E-state index contributed by atoms with van der Waals surface area (Å²) in [5.41, 5.74) is 1.33. The summed E-state index contributed by atoms with van der Waals surface area (Å²) < 4.78 is 6.04. The van der Waals surface area contributed by atoms with Crippen LogP contribution in [0.25, 0.3) is 0 Å². The van der Waals surface area contributed by atoms with Crippen LogP contribution in [0.2, 0.25) is 0 Å². The Morgan fingerprint density at radius 3 is 2.61 bits per heavy atom. The predicted molar refractivity (Wildman–Crippen MR) is 107 cm³/mol. The van der Waals surface area contributed by atoms with E-state index in [2.05, 4.69) is 22.0 Å². The van der Waals surface area contributed by atoms with Crippen LogP contribution in [0.5, 0.6) is 5.75 Å². The van der Waals surface area contributed by atoms with Gasteiger partial charge < -0.3 is 19.6 Å². The highest BCUT2D eigenvalue weighted by Crippen LogP contribution is 2.43. The standard InChI is InChI=1S/C22H24N4O2/c1-22(2)20(27)19(17-10-6-7-11-18(17)28-22)26-13-12-25(21(26)24-15-23)14-16-8-4-3-5-9-16/h3-11,19-20,27H,12-14H2,1-2H3. The Labute approximate surface area is 165 Å². The van der Waals surface area contributed by atoms with Crippen LogP contribution in [-0.4, -0.2) is 45.7 Å². The Morgan fingerprint density at radius 2 is 1.86 bits per heavy atom. The molecule has 2 unspecified atom stereocenters. The Bertz CT molecular complexity index is 920. The van der Waals surface area contributed by atoms with Crippen LogP contribution >= 0.6 is 0 Å². The smallest absolute Gasteiger partial charge is 0.213 e. The van der Waals surface area contributed by atoms with E-state index in [4.69, 9.17) is 4.74 Å². The first kappa shape index (κ1) is 18.3. The van der Waals surface area contributed by atoms with Gasteiger partial charge in [0.15, 0.2) is 0 Å². The monoisotopic (exact) mass is 376 g/mol. The Balaban J connectivity index is 1.70. The largest absolute Gasteiger partial charge is 0.485 e. The van der Waals surface area contributed by atoms with E-state index in [1.807, 2.05) is 67.4 Å². The average molecular weight is 376 g/mol. The SMILES string of the molecule is CC1(C)Oc2ccccc2C(N2CCN(Cc3ccccc3)C2=NC#N)C1O. The van der Waals surface area contributed by atoms with Gasteiger partial charge in [0.25, 0.3) is 0 Å². The molecule has 2 atom stereocenters. The zero-order valence-electron chi connectivity index (χ0n) is 16.1. The van der Waals surface area contributed by atoms with E-state index in [9.17, 15) is 10.4 Å². The molecular formula is C22H24N4O2. The molecular weight excluding hydrogens is 352 g/mol. The van der Waals surface area contributed by atoms with E-state index >= 15 is 0 Å². The second-order valence-corrected chi connectivity index (χ2v) is 7.75. The summed E-state index contributed by atoms with van der Waals surface area (Å²) in [6.45, 7) is 5.86. The molecule has 0 amide bonds. The van der Waals surface area contributed by atoms with E-state index in [-0.39, 0.29) is 6.04 Å². The lowest BCUT2D eigenvalue weighted by atomic mass is 9.85. The van der Waals surface area contributed by atoms with E-state index in [1.165, 1.54) is 0 Å². The molecule has 28 heavy (non-hydrogen) atoms. The predicted octanol–water partition coefficient (Wildman–Crippen LogP) is 2.91. The van der Waals surface area contributed by atoms with Crippen molar-refractivity contribution in [2.75, 3.05) is 13.1 Å². The fourth-order valence-corrected chi connectivity index (χ4v) is 4.06. The minimum absolute atomic E-state index is 0.326. The van der Waals surface area contributed by atoms with Gasteiger partial charge in [0.2, 0.25) is 12.2 Å². The summed E-state index contributed by atoms with van der Waals surface area (Å²) in [4.78, 5) is 8.27. The van der Waals surface area contributed by atoms with Crippen LogP contribution in [0, 0.1) is 11.5 Å². The molecule has 2 heterocycles. The summed E-state index contributed by atoms with van der Waals surface area (Å²) in [7, 11) is 0. The highest BCUT2D eigenvalue weighted by Gasteiger charge is 2.48. The molecule has 0 spiro atoms. The maximum Gasteiger partial charge on any atom is 0.213 e. The average Bonchev–Trinajstić information content (AvgIpc) is 3.06. The fourth-order valence-electron chi connectivity index (χ4n) is 4.06. The lowest BCUT2D eigenvalue weighted by Gasteiger charge is -2.45. The molecule has 2 aliphatic rings. The first-order valence-electron chi connectivity index (χ1n) is 9.49. The molecule has 2 aliphatic heterocycles. The molecule has 0 radical (unpaired) electrons. The number of para-hydroxylation sites is 1. The molecule has 0 aromatic heterocycles. The molecule has 2 aromatic carbocycles. The van der Waals surface area contributed by atoms with Crippen molar-refractivity contribution >= 4 is 5.96 Å². The van der Waals surface area contributed by atoms with Crippen LogP contribution in [0.3, 0.4) is 0 Å². The topological polar surface area (TPSA) is 72.1 Å². The second kappa shape index (κ2) is 7.17. The number of nitrogens with zero attached hydrogens (tertiary/aromatic N) is 4. The Morgan fingerprint density at radius 1 is 1.14 bits per heavy atom. The van der Waals surface area contributed by atoms with Gasteiger partial charge in [0.1, 0.15) is 17.5 Å². The maximum absolute atomic E-state index is 11.1. The normalized spacial score (nSPS) is 24.6. The van der Waals surface area contributed by atoms with Gasteiger partial charge in [0, 0.05) is 25.2 Å². The number of hydrogen-bond acceptors (Lipinski definition) is 4. The molecule has 1 saturated heterocycles. The molecule has 4 rings (SSSR count). The quantitative estimate of drug-likeness (QED) is 0.834. The second-order valence-electron chi connectivity index (χ2n) is 7.75. The Kier molecular flexibility index (Phi) is 4.70. The van der Waals surface area contributed by atoms with Crippen LogP contribution in [0.4, 0.5) is 0 Å². The molecule has 6 nitrogen and oxygen atoms in total. The van der Waals surface area contributed by atoms with Crippen molar-refractivity contribution in [3.05, 3.63) is 65.7 Å². The highest BCUT2D eigenvalue weighted by atomic mass is 16.5. The molecule has 1 N–H and O–H groups in total. The number of aliphatic imine (C=N–C) groups is 1. The van der Waals surface area contributed by atoms with Gasteiger partial charge in [-0.1, -0.05) is 48.5 Å². The van der Waals surface area contributed by atoms with E-state index in [0.717, 1.165) is 23.4 Å². The Hall–Kier alpha value is -3.04. The number of nitriles is 1. The third-order valence-corrected chi connectivity index (χ3v) is 5.47. The number of fused-ring (bicyclic) bond motifs is 1. The van der Waals surface area contributed by atoms with Crippen molar-refractivity contribution in [1.82, 2.24) is 9.80 Å². The van der Waals surface area contributed by atoms with E-state index < -0.39 is 11.7 Å². The van der Waals surface area contributed by atoms with Gasteiger partial charge in [0.05, 0.1) is 6.04 Å². The van der Waals surface area contributed by atoms with Gasteiger partial charge >= 0.3 is 0 Å². The molecule has 144 valence electrons. The van der Waals surface area contributed by atoms with Gasteiger partial charge in [-0.15, -0.1) is 4.99 Å². The maximum atomic E-state index is 11.1. The molecule has 0 aliphatic carbocycles. The molecule has 1 fully saturated rings. The number of aliphatic hydroxyl groups excluding tert-OH is 1. The van der Waals surface area contributed by atoms with Crippen molar-refractivity contribution < 1.29 is 9.84 Å². The summed E-state index contributed by atoms with van der Waals surface area (Å²) >= 11 is 0. The minimum Gasteiger partial charge on any atom is -0.485 e. The fraction of sp³-hybridized carbons (Fsp3) is 0.364. The van der Waals surface area contributed by atoms with Crippen molar-refractivity contribution in [3.63, 3.8) is 0 Å². The number of aliphatic hydroxyl groups is 1. The number of hydrogen-bond donors (Lipinski definition) is 1. The summed E-state index contributed by atoms with van der Waals surface area (Å²) in [6.07, 6.45) is 1.18. The van der Waals surface area contributed by atoms with Crippen LogP contribution in [0.15, 0.2) is 59.6 Å². The molecule has 0 saturated carbocycles. The van der Waals surface area contributed by atoms with Gasteiger partial charge in [-0.3, -0.25) is 0 Å². The van der Waals surface area contributed by atoms with Crippen LogP contribution in [-0.2, 0) is 6.54 Å². The summed E-state index contributed by atoms with van der Waals surface area (Å²) in [5.74, 6) is 1.36. The molecule has 6 heteroatoms. The number of benzene rings is 2. The number of guanidine groups is 1. The van der Waals surface area contributed by atoms with Gasteiger partial charge in [-0.25, -0.2) is 0 Å². The first-order chi connectivity index (χ1) is 13.5. The lowest BCUT2D eigenvalue weighted by molar-refractivity contribution is -0.0801. The van der Waals surface area contributed by atoms with Crippen LogP contribution < -0.4 is 4.74 Å².